The monoisotopic (exact) mass is 266 g/mol. The zero-order valence-corrected chi connectivity index (χ0v) is 9.45. The van der Waals surface area contributed by atoms with E-state index in [0.29, 0.717) is 11.4 Å². The predicted molar refractivity (Wildman–Crippen MR) is 61.2 cm³/mol. The molecular weight excluding hydrogens is 262 g/mol. The molecule has 1 aromatic rings. The van der Waals surface area contributed by atoms with Gasteiger partial charge in [-0.2, -0.15) is 0 Å². The molecule has 0 heterocycles. The molecule has 1 aromatic carbocycles. The number of benzene rings is 1. The molecule has 0 unspecified atom stereocenters. The molecule has 0 aliphatic carbocycles. The maximum absolute atomic E-state index is 10.5. The van der Waals surface area contributed by atoms with Crippen molar-refractivity contribution in [2.45, 2.75) is 0 Å². The molecule has 0 saturated carbocycles. The van der Waals surface area contributed by atoms with Crippen LogP contribution in [-0.4, -0.2) is 10.7 Å². The lowest BCUT2D eigenvalue weighted by molar-refractivity contribution is 0.268. The Morgan fingerprint density at radius 3 is 2.13 bits per heavy atom. The van der Waals surface area contributed by atoms with Crippen LogP contribution in [0.2, 0.25) is 5.02 Å². The average molecular weight is 267 g/mol. The molecule has 0 spiro atoms. The minimum Gasteiger partial charge on any atom is -0.312 e. The number of hydrogen-bond donors (Lipinski definition) is 2. The van der Waals surface area contributed by atoms with Gasteiger partial charge in [0.1, 0.15) is 0 Å². The molecule has 0 bridgehead atoms. The Balaban J connectivity index is 2.87. The van der Waals surface area contributed by atoms with E-state index in [4.69, 9.17) is 34.8 Å². The number of amides is 2. The number of anilines is 2. The first-order valence-electron chi connectivity index (χ1n) is 3.71. The summed E-state index contributed by atoms with van der Waals surface area (Å²) in [7, 11) is 0. The van der Waals surface area contributed by atoms with E-state index in [0.717, 1.165) is 0 Å². The van der Waals surface area contributed by atoms with Crippen LogP contribution < -0.4 is 10.6 Å². The number of hydrogen-bond acceptors (Lipinski definition) is 2. The van der Waals surface area contributed by atoms with E-state index >= 15 is 0 Å². The summed E-state index contributed by atoms with van der Waals surface area (Å²) in [6.45, 7) is 0. The zero-order chi connectivity index (χ0) is 11.4. The number of carbonyl (C=O) groups is 2. The van der Waals surface area contributed by atoms with E-state index in [-0.39, 0.29) is 5.02 Å². The molecule has 1 rings (SSSR count). The molecule has 7 heteroatoms. The molecule has 15 heavy (non-hydrogen) atoms. The van der Waals surface area contributed by atoms with Gasteiger partial charge in [-0.1, -0.05) is 11.6 Å². The Morgan fingerprint density at radius 1 is 1.07 bits per heavy atom. The third-order valence-electron chi connectivity index (χ3n) is 1.44. The highest BCUT2D eigenvalue weighted by Gasteiger charge is 2.05. The van der Waals surface area contributed by atoms with Gasteiger partial charge in [-0.3, -0.25) is 9.59 Å². The molecule has 0 aliphatic heterocycles. The summed E-state index contributed by atoms with van der Waals surface area (Å²) in [5.74, 6) is 0. The fourth-order valence-electron chi connectivity index (χ4n) is 0.914. The van der Waals surface area contributed by atoms with Crippen molar-refractivity contribution in [3.63, 3.8) is 0 Å². The van der Waals surface area contributed by atoms with Crippen molar-refractivity contribution in [1.82, 2.24) is 0 Å². The van der Waals surface area contributed by atoms with Crippen LogP contribution >= 0.6 is 34.8 Å². The van der Waals surface area contributed by atoms with Gasteiger partial charge in [0, 0.05) is 5.69 Å². The first-order valence-corrected chi connectivity index (χ1v) is 4.85. The SMILES string of the molecule is O=C(Cl)Nc1ccc(NC(=O)Cl)c(Cl)c1. The second kappa shape index (κ2) is 5.21. The van der Waals surface area contributed by atoms with Gasteiger partial charge < -0.3 is 10.6 Å². The van der Waals surface area contributed by atoms with Crippen molar-refractivity contribution in [2.24, 2.45) is 0 Å². The normalized spacial score (nSPS) is 9.53. The predicted octanol–water partition coefficient (Wildman–Crippen LogP) is 3.88. The molecular formula is C8H5Cl3N2O2. The first kappa shape index (κ1) is 12.1. The summed E-state index contributed by atoms with van der Waals surface area (Å²) in [5.41, 5.74) is 0.775. The Kier molecular flexibility index (Phi) is 4.20. The van der Waals surface area contributed by atoms with Gasteiger partial charge >= 0.3 is 10.7 Å². The third kappa shape index (κ3) is 3.95. The Labute approximate surface area is 100 Å². The van der Waals surface area contributed by atoms with Crippen LogP contribution in [0.4, 0.5) is 21.0 Å². The molecule has 2 N–H and O–H groups in total. The Morgan fingerprint density at radius 2 is 1.67 bits per heavy atom. The fourth-order valence-corrected chi connectivity index (χ4v) is 1.35. The van der Waals surface area contributed by atoms with Gasteiger partial charge in [0.05, 0.1) is 10.7 Å². The van der Waals surface area contributed by atoms with Gasteiger partial charge in [-0.05, 0) is 41.4 Å². The number of nitrogens with one attached hydrogen (secondary N) is 2. The summed E-state index contributed by atoms with van der Waals surface area (Å²) in [5, 5.41) is 3.40. The summed E-state index contributed by atoms with van der Waals surface area (Å²) in [4.78, 5) is 21.0. The molecule has 0 saturated heterocycles. The van der Waals surface area contributed by atoms with Crippen LogP contribution in [0.15, 0.2) is 18.2 Å². The first-order chi connectivity index (χ1) is 6.99. The van der Waals surface area contributed by atoms with Crippen molar-refractivity contribution < 1.29 is 9.59 Å². The van der Waals surface area contributed by atoms with Crippen LogP contribution in [0.25, 0.3) is 0 Å². The standard InChI is InChI=1S/C8H5Cl3N2O2/c9-5-3-4(12-7(10)14)1-2-6(5)13-8(11)15/h1-3H,(H,12,14)(H,13,15). The Hall–Kier alpha value is -0.970. The smallest absolute Gasteiger partial charge is 0.312 e. The van der Waals surface area contributed by atoms with Gasteiger partial charge in [0.2, 0.25) is 0 Å². The number of halogens is 3. The highest BCUT2D eigenvalue weighted by Crippen LogP contribution is 2.25. The van der Waals surface area contributed by atoms with E-state index in [2.05, 4.69) is 10.6 Å². The second-order valence-corrected chi connectivity index (χ2v) is 3.59. The summed E-state index contributed by atoms with van der Waals surface area (Å²) in [6, 6.07) is 4.45. The molecule has 80 valence electrons. The van der Waals surface area contributed by atoms with Crippen LogP contribution in [0.5, 0.6) is 0 Å². The van der Waals surface area contributed by atoms with Gasteiger partial charge in [-0.15, -0.1) is 0 Å². The Bertz CT molecular complexity index is 409. The number of carbonyl (C=O) groups excluding carboxylic acids is 2. The fraction of sp³-hybridized carbons (Fsp3) is 0. The minimum absolute atomic E-state index is 0.243. The molecule has 0 atom stereocenters. The van der Waals surface area contributed by atoms with E-state index in [9.17, 15) is 9.59 Å². The minimum atomic E-state index is -0.744. The maximum atomic E-state index is 10.5. The zero-order valence-electron chi connectivity index (χ0n) is 7.18. The van der Waals surface area contributed by atoms with E-state index in [1.54, 1.807) is 0 Å². The van der Waals surface area contributed by atoms with Crippen molar-refractivity contribution >= 4 is 56.9 Å². The van der Waals surface area contributed by atoms with Gasteiger partial charge in [0.25, 0.3) is 0 Å². The maximum Gasteiger partial charge on any atom is 0.318 e. The van der Waals surface area contributed by atoms with Crippen LogP contribution in [0.3, 0.4) is 0 Å². The molecule has 0 radical (unpaired) electrons. The highest BCUT2D eigenvalue weighted by molar-refractivity contribution is 6.66. The van der Waals surface area contributed by atoms with Gasteiger partial charge in [0.15, 0.2) is 0 Å². The van der Waals surface area contributed by atoms with Crippen LogP contribution in [0, 0.1) is 0 Å². The summed E-state index contributed by atoms with van der Waals surface area (Å²) >= 11 is 16.0. The average Bonchev–Trinajstić information content (AvgIpc) is 2.08. The number of rotatable bonds is 2. The lowest BCUT2D eigenvalue weighted by Crippen LogP contribution is -2.04. The van der Waals surface area contributed by atoms with E-state index < -0.39 is 10.7 Å². The van der Waals surface area contributed by atoms with Crippen molar-refractivity contribution in [2.75, 3.05) is 10.6 Å². The summed E-state index contributed by atoms with van der Waals surface area (Å²) < 4.78 is 0. The lowest BCUT2D eigenvalue weighted by atomic mass is 10.3. The molecule has 0 aromatic heterocycles. The van der Waals surface area contributed by atoms with Gasteiger partial charge in [-0.25, -0.2) is 0 Å². The van der Waals surface area contributed by atoms with E-state index in [1.807, 2.05) is 0 Å². The van der Waals surface area contributed by atoms with E-state index in [1.165, 1.54) is 18.2 Å². The topological polar surface area (TPSA) is 58.2 Å². The van der Waals surface area contributed by atoms with Crippen LogP contribution in [0.1, 0.15) is 0 Å². The quantitative estimate of drug-likeness (QED) is 0.631. The second-order valence-electron chi connectivity index (χ2n) is 2.49. The molecule has 0 aliphatic rings. The molecule has 0 fully saturated rings. The molecule has 2 amide bonds. The van der Waals surface area contributed by atoms with Crippen molar-refractivity contribution in [3.05, 3.63) is 23.2 Å². The van der Waals surface area contributed by atoms with Crippen LogP contribution in [-0.2, 0) is 0 Å². The molecule has 4 nitrogen and oxygen atoms in total. The lowest BCUT2D eigenvalue weighted by Gasteiger charge is -2.06. The third-order valence-corrected chi connectivity index (χ3v) is 1.95. The van der Waals surface area contributed by atoms with Crippen molar-refractivity contribution in [1.29, 1.82) is 0 Å². The van der Waals surface area contributed by atoms with Crippen molar-refractivity contribution in [3.8, 4) is 0 Å². The highest BCUT2D eigenvalue weighted by atomic mass is 35.5. The summed E-state index contributed by atoms with van der Waals surface area (Å²) in [6.07, 6.45) is 0. The largest absolute Gasteiger partial charge is 0.318 e.